The minimum Gasteiger partial charge on any atom is -0.394 e. The molecule has 1 saturated heterocycles. The molecule has 2 heterocycles. The summed E-state index contributed by atoms with van der Waals surface area (Å²) in [6.45, 7) is 3.14. The van der Waals surface area contributed by atoms with Gasteiger partial charge in [-0.05, 0) is 19.1 Å². The van der Waals surface area contributed by atoms with Gasteiger partial charge in [0.15, 0.2) is 0 Å². The first-order valence-corrected chi connectivity index (χ1v) is 6.31. The number of rotatable bonds is 3. The summed E-state index contributed by atoms with van der Waals surface area (Å²) < 4.78 is 5.28. The molecule has 1 aromatic rings. The van der Waals surface area contributed by atoms with Crippen molar-refractivity contribution in [3.8, 4) is 0 Å². The van der Waals surface area contributed by atoms with Gasteiger partial charge in [-0.15, -0.1) is 0 Å². The molecule has 0 radical (unpaired) electrons. The van der Waals surface area contributed by atoms with Gasteiger partial charge >= 0.3 is 0 Å². The molecule has 19 heavy (non-hydrogen) atoms. The highest BCUT2D eigenvalue weighted by Crippen LogP contribution is 2.15. The highest BCUT2D eigenvalue weighted by molar-refractivity contribution is 5.95. The molecule has 2 rings (SSSR count). The highest BCUT2D eigenvalue weighted by atomic mass is 16.5. The van der Waals surface area contributed by atoms with Crippen LogP contribution in [0.3, 0.4) is 0 Å². The third kappa shape index (κ3) is 3.02. The summed E-state index contributed by atoms with van der Waals surface area (Å²) in [7, 11) is 1.77. The fourth-order valence-electron chi connectivity index (χ4n) is 2.16. The van der Waals surface area contributed by atoms with Crippen LogP contribution < -0.4 is 5.32 Å². The molecule has 104 valence electrons. The Morgan fingerprint density at radius 1 is 1.63 bits per heavy atom. The maximum atomic E-state index is 12.5. The number of ether oxygens (including phenoxy) is 1. The molecular formula is C13H19N3O3. The molecule has 0 spiro atoms. The van der Waals surface area contributed by atoms with E-state index in [4.69, 9.17) is 4.74 Å². The lowest BCUT2D eigenvalue weighted by Gasteiger charge is -2.34. The Balaban J connectivity index is 2.24. The van der Waals surface area contributed by atoms with Crippen LogP contribution >= 0.6 is 0 Å². The number of carbonyl (C=O) groups is 1. The van der Waals surface area contributed by atoms with Gasteiger partial charge in [0.2, 0.25) is 0 Å². The quantitative estimate of drug-likeness (QED) is 0.820. The van der Waals surface area contributed by atoms with E-state index in [0.29, 0.717) is 31.1 Å². The Hall–Kier alpha value is -1.66. The maximum absolute atomic E-state index is 12.5. The lowest BCUT2D eigenvalue weighted by atomic mass is 10.1. The summed E-state index contributed by atoms with van der Waals surface area (Å²) in [6, 6.07) is 3.21. The highest BCUT2D eigenvalue weighted by Gasteiger charge is 2.27. The van der Waals surface area contributed by atoms with Crippen molar-refractivity contribution in [2.75, 3.05) is 38.7 Å². The van der Waals surface area contributed by atoms with E-state index in [-0.39, 0.29) is 18.6 Å². The minimum absolute atomic E-state index is 0.0886. The van der Waals surface area contributed by atoms with Crippen LogP contribution in [0.1, 0.15) is 16.1 Å². The maximum Gasteiger partial charge on any atom is 0.254 e. The van der Waals surface area contributed by atoms with Crippen molar-refractivity contribution in [3.63, 3.8) is 0 Å². The Morgan fingerprint density at radius 3 is 3.11 bits per heavy atom. The molecule has 0 bridgehead atoms. The zero-order valence-electron chi connectivity index (χ0n) is 11.2. The van der Waals surface area contributed by atoms with Crippen LogP contribution in [0, 0.1) is 6.92 Å². The molecule has 1 amide bonds. The third-order valence-electron chi connectivity index (χ3n) is 3.16. The molecule has 6 heteroatoms. The molecule has 0 aliphatic carbocycles. The summed E-state index contributed by atoms with van der Waals surface area (Å²) in [5.74, 6) is 0.571. The van der Waals surface area contributed by atoms with E-state index in [0.717, 1.165) is 5.69 Å². The van der Waals surface area contributed by atoms with Crippen molar-refractivity contribution in [2.45, 2.75) is 13.0 Å². The lowest BCUT2D eigenvalue weighted by molar-refractivity contribution is -0.0183. The second kappa shape index (κ2) is 5.99. The SMILES string of the molecule is CNc1cc(C(=O)N2CCOCC2CO)cc(C)n1. The number of carbonyl (C=O) groups excluding carboxylic acids is 1. The van der Waals surface area contributed by atoms with Crippen molar-refractivity contribution >= 4 is 11.7 Å². The number of hydrogen-bond donors (Lipinski definition) is 2. The van der Waals surface area contributed by atoms with E-state index >= 15 is 0 Å². The monoisotopic (exact) mass is 265 g/mol. The first-order valence-electron chi connectivity index (χ1n) is 6.31. The molecule has 1 aliphatic rings. The fraction of sp³-hybridized carbons (Fsp3) is 0.538. The Labute approximate surface area is 112 Å². The Kier molecular flexibility index (Phi) is 4.34. The molecular weight excluding hydrogens is 246 g/mol. The Morgan fingerprint density at radius 2 is 2.42 bits per heavy atom. The smallest absolute Gasteiger partial charge is 0.254 e. The standard InChI is InChI=1S/C13H19N3O3/c1-9-5-10(6-12(14-2)15-9)13(18)16-3-4-19-8-11(16)7-17/h5-6,11,17H,3-4,7-8H2,1-2H3,(H,14,15). The molecule has 6 nitrogen and oxygen atoms in total. The summed E-state index contributed by atoms with van der Waals surface area (Å²) in [6.07, 6.45) is 0. The minimum atomic E-state index is -0.271. The number of aliphatic hydroxyl groups excluding tert-OH is 1. The number of aryl methyl sites for hydroxylation is 1. The van der Waals surface area contributed by atoms with Gasteiger partial charge in [-0.3, -0.25) is 4.79 Å². The first kappa shape index (κ1) is 13.8. The average Bonchev–Trinajstić information content (AvgIpc) is 2.45. The van der Waals surface area contributed by atoms with E-state index in [9.17, 15) is 9.90 Å². The number of nitrogens with zero attached hydrogens (tertiary/aromatic N) is 2. The predicted octanol–water partition coefficient (Wildman–Crippen LogP) is 0.265. The van der Waals surface area contributed by atoms with Gasteiger partial charge < -0.3 is 20.1 Å². The van der Waals surface area contributed by atoms with Gasteiger partial charge in [-0.2, -0.15) is 0 Å². The molecule has 0 saturated carbocycles. The molecule has 1 aromatic heterocycles. The number of pyridine rings is 1. The molecule has 2 N–H and O–H groups in total. The normalized spacial score (nSPS) is 19.3. The van der Waals surface area contributed by atoms with E-state index < -0.39 is 0 Å². The number of nitrogens with one attached hydrogen (secondary N) is 1. The van der Waals surface area contributed by atoms with Crippen LogP contribution in [0.25, 0.3) is 0 Å². The largest absolute Gasteiger partial charge is 0.394 e. The fourth-order valence-corrected chi connectivity index (χ4v) is 2.16. The van der Waals surface area contributed by atoms with Crippen LogP contribution in [0.15, 0.2) is 12.1 Å². The van der Waals surface area contributed by atoms with Gasteiger partial charge in [-0.1, -0.05) is 0 Å². The van der Waals surface area contributed by atoms with Gasteiger partial charge in [-0.25, -0.2) is 4.98 Å². The summed E-state index contributed by atoms with van der Waals surface area (Å²) in [4.78, 5) is 18.4. The van der Waals surface area contributed by atoms with Crippen molar-refractivity contribution < 1.29 is 14.6 Å². The van der Waals surface area contributed by atoms with Gasteiger partial charge in [0.25, 0.3) is 5.91 Å². The summed E-state index contributed by atoms with van der Waals surface area (Å²) in [5.41, 5.74) is 1.36. The summed E-state index contributed by atoms with van der Waals surface area (Å²) >= 11 is 0. The zero-order chi connectivity index (χ0) is 13.8. The van der Waals surface area contributed by atoms with Crippen LogP contribution in [-0.2, 0) is 4.74 Å². The summed E-state index contributed by atoms with van der Waals surface area (Å²) in [5, 5.41) is 12.2. The van der Waals surface area contributed by atoms with Crippen LogP contribution in [0.5, 0.6) is 0 Å². The van der Waals surface area contributed by atoms with E-state index in [1.54, 1.807) is 24.1 Å². The number of amides is 1. The molecule has 1 unspecified atom stereocenters. The number of anilines is 1. The van der Waals surface area contributed by atoms with Gasteiger partial charge in [0, 0.05) is 24.8 Å². The molecule has 1 atom stereocenters. The molecule has 1 aliphatic heterocycles. The van der Waals surface area contributed by atoms with Crippen LogP contribution in [0.2, 0.25) is 0 Å². The number of hydrogen-bond acceptors (Lipinski definition) is 5. The number of aliphatic hydroxyl groups is 1. The number of aromatic nitrogens is 1. The second-order valence-electron chi connectivity index (χ2n) is 4.54. The van der Waals surface area contributed by atoms with Crippen molar-refractivity contribution in [1.29, 1.82) is 0 Å². The number of morpholine rings is 1. The molecule has 0 aromatic carbocycles. The third-order valence-corrected chi connectivity index (χ3v) is 3.16. The predicted molar refractivity (Wildman–Crippen MR) is 71.3 cm³/mol. The van der Waals surface area contributed by atoms with Gasteiger partial charge in [0.05, 0.1) is 25.9 Å². The first-order chi connectivity index (χ1) is 9.15. The second-order valence-corrected chi connectivity index (χ2v) is 4.54. The van der Waals surface area contributed by atoms with Crippen LogP contribution in [0.4, 0.5) is 5.82 Å². The van der Waals surface area contributed by atoms with Crippen molar-refractivity contribution in [3.05, 3.63) is 23.4 Å². The van der Waals surface area contributed by atoms with Gasteiger partial charge in [0.1, 0.15) is 5.82 Å². The van der Waals surface area contributed by atoms with Crippen molar-refractivity contribution in [1.82, 2.24) is 9.88 Å². The van der Waals surface area contributed by atoms with E-state index in [2.05, 4.69) is 10.3 Å². The zero-order valence-corrected chi connectivity index (χ0v) is 11.2. The van der Waals surface area contributed by atoms with E-state index in [1.165, 1.54) is 0 Å². The van der Waals surface area contributed by atoms with E-state index in [1.807, 2.05) is 6.92 Å². The average molecular weight is 265 g/mol. The lowest BCUT2D eigenvalue weighted by Crippen LogP contribution is -2.50. The topological polar surface area (TPSA) is 74.7 Å². The Bertz CT molecular complexity index is 464. The van der Waals surface area contributed by atoms with Crippen LogP contribution in [-0.4, -0.2) is 60.4 Å². The molecule has 1 fully saturated rings. The van der Waals surface area contributed by atoms with Crippen molar-refractivity contribution in [2.24, 2.45) is 0 Å².